The van der Waals surface area contributed by atoms with Crippen molar-refractivity contribution in [2.45, 2.75) is 136 Å². The van der Waals surface area contributed by atoms with Crippen LogP contribution in [0.15, 0.2) is 96.1 Å². The molecule has 0 nitrogen and oxygen atoms in total. The van der Waals surface area contributed by atoms with Crippen LogP contribution in [0.5, 0.6) is 0 Å². The van der Waals surface area contributed by atoms with Crippen molar-refractivity contribution in [3.05, 3.63) is 129 Å². The molecule has 58 heavy (non-hydrogen) atoms. The van der Waals surface area contributed by atoms with Crippen LogP contribution in [-0.2, 0) is 26.4 Å². The predicted octanol–water partition coefficient (Wildman–Crippen LogP) is 16.3. The first-order valence-electron chi connectivity index (χ1n) is 23.2. The van der Waals surface area contributed by atoms with Gasteiger partial charge in [-0.25, -0.2) is 0 Å². The van der Waals surface area contributed by atoms with Crippen LogP contribution < -0.4 is 0 Å². The SMILES string of the molecule is CCC1=Cc2c(-c3ccc(C45CC6CC(CC(C6)C4)C5)cc3)cccc2[CH]1[Zr]([Cl])([Cl])([CH]1C(C2CCCCC2)=Cc2c(-c3ccc(C(C)(C)C)cc3)cccc21)[SiH](C)C. The normalized spacial score (nSPS) is 28.6. The Morgan fingerprint density at radius 3 is 1.69 bits per heavy atom. The molecule has 11 rings (SSSR count). The van der Waals surface area contributed by atoms with Crippen molar-refractivity contribution in [3.8, 4) is 22.3 Å². The average Bonchev–Trinajstić information content (AvgIpc) is 3.81. The van der Waals surface area contributed by atoms with E-state index in [1.807, 2.05) is 0 Å². The molecule has 0 aromatic heterocycles. The molecule has 0 N–H and O–H groups in total. The second-order valence-corrected chi connectivity index (χ2v) is 64.0. The van der Waals surface area contributed by atoms with E-state index in [2.05, 4.69) is 138 Å². The van der Waals surface area contributed by atoms with Gasteiger partial charge in [0.2, 0.25) is 0 Å². The van der Waals surface area contributed by atoms with E-state index < -0.39 is 21.5 Å². The summed E-state index contributed by atoms with van der Waals surface area (Å²) < 4.78 is 0.262. The van der Waals surface area contributed by atoms with E-state index in [1.165, 1.54) is 126 Å². The van der Waals surface area contributed by atoms with Crippen LogP contribution in [0, 0.1) is 23.7 Å². The summed E-state index contributed by atoms with van der Waals surface area (Å²) in [4.78, 5) is 0. The van der Waals surface area contributed by atoms with E-state index >= 15 is 0 Å². The summed E-state index contributed by atoms with van der Waals surface area (Å²) >= 11 is -4.93. The van der Waals surface area contributed by atoms with Crippen molar-refractivity contribution in [3.63, 3.8) is 0 Å². The van der Waals surface area contributed by atoms with E-state index in [-0.39, 0.29) is 12.7 Å². The Kier molecular flexibility index (Phi) is 10.1. The van der Waals surface area contributed by atoms with Gasteiger partial charge in [0.15, 0.2) is 0 Å². The van der Waals surface area contributed by atoms with Crippen molar-refractivity contribution >= 4 is 35.1 Å². The number of hydrogen-bond donors (Lipinski definition) is 0. The van der Waals surface area contributed by atoms with Crippen LogP contribution in [0.1, 0.15) is 145 Å². The molecule has 2 unspecified atom stereocenters. The summed E-state index contributed by atoms with van der Waals surface area (Å²) in [5.74, 6) is 1.76. The maximum absolute atomic E-state index is 8.98. The van der Waals surface area contributed by atoms with Crippen molar-refractivity contribution < 1.29 is 15.6 Å². The molecule has 0 aliphatic heterocycles. The fourth-order valence-electron chi connectivity index (χ4n) is 14.2. The third kappa shape index (κ3) is 6.32. The standard InChI is InChI=1S/C27H29.C25H29.C2H7Si.2ClH.Zr/c1-2-18-13-23-4-3-5-25(26(23)14-18)22-6-8-24(9-7-22)27-15-19-10-20(16-27)12-21(11-19)17-27;1-25(2,3)22-14-12-19(13-15-22)23-11-7-10-20-16-21(17-24(20)23)18-8-5-4-6-9-18;1-3-2;;;/h3-9,13-14,19-21H,2,10-12,15-17H2,1H3;7,10-18H,4-6,8-9H2,1-3H3;3H,1-2H3;2*1H;/q;;;;;+2/p-2. The Morgan fingerprint density at radius 2 is 1.17 bits per heavy atom. The molecule has 4 heteroatoms. The molecule has 7 aliphatic rings. The molecule has 4 aromatic rings. The Hall–Kier alpha value is -1.96. The number of allylic oxidation sites excluding steroid dienone is 2. The van der Waals surface area contributed by atoms with Crippen LogP contribution in [0.2, 0.25) is 13.1 Å². The molecule has 0 radical (unpaired) electrons. The summed E-state index contributed by atoms with van der Waals surface area (Å²) in [7, 11) is 18.0. The molecule has 7 aliphatic carbocycles. The van der Waals surface area contributed by atoms with Crippen LogP contribution in [0.4, 0.5) is 0 Å². The van der Waals surface area contributed by atoms with Crippen LogP contribution in [0.3, 0.4) is 0 Å². The first-order valence-corrected chi connectivity index (χ1v) is 39.6. The number of fused-ring (bicyclic) bond motifs is 2. The topological polar surface area (TPSA) is 0 Å². The molecule has 5 fully saturated rings. The quantitative estimate of drug-likeness (QED) is 0.155. The second-order valence-electron chi connectivity index (χ2n) is 21.5. The number of halogens is 2. The zero-order valence-electron chi connectivity index (χ0n) is 36.0. The van der Waals surface area contributed by atoms with Gasteiger partial charge in [0.1, 0.15) is 0 Å². The zero-order valence-corrected chi connectivity index (χ0v) is 41.1. The van der Waals surface area contributed by atoms with Gasteiger partial charge in [-0.3, -0.25) is 0 Å². The fourth-order valence-corrected chi connectivity index (χ4v) is 45.6. The van der Waals surface area contributed by atoms with E-state index in [4.69, 9.17) is 17.0 Å². The van der Waals surface area contributed by atoms with E-state index in [1.54, 1.807) is 11.1 Å². The van der Waals surface area contributed by atoms with E-state index in [0.29, 0.717) is 11.3 Å². The fraction of sp³-hybridized carbons (Fsp3) is 0.481. The van der Waals surface area contributed by atoms with E-state index in [0.717, 1.165) is 24.2 Å². The molecule has 0 spiro atoms. The second kappa shape index (κ2) is 14.6. The Bertz CT molecular complexity index is 2260. The first-order chi connectivity index (χ1) is 27.8. The van der Waals surface area contributed by atoms with Crippen molar-refractivity contribution in [2.24, 2.45) is 23.7 Å². The maximum atomic E-state index is 8.98. The van der Waals surface area contributed by atoms with Gasteiger partial charge < -0.3 is 0 Å². The summed E-state index contributed by atoms with van der Waals surface area (Å²) in [6.45, 7) is 14.3. The molecule has 2 atom stereocenters. The molecule has 4 aromatic carbocycles. The first kappa shape index (κ1) is 40.1. The van der Waals surface area contributed by atoms with Gasteiger partial charge in [0.05, 0.1) is 0 Å². The molecule has 4 bridgehead atoms. The van der Waals surface area contributed by atoms with E-state index in [9.17, 15) is 0 Å². The summed E-state index contributed by atoms with van der Waals surface area (Å²) in [6.07, 6.45) is 21.3. The number of benzene rings is 4. The molecule has 303 valence electrons. The molecular weight excluding hydrogens is 839 g/mol. The third-order valence-corrected chi connectivity index (χ3v) is 68.6. The molecule has 0 saturated heterocycles. The Morgan fingerprint density at radius 1 is 0.655 bits per heavy atom. The van der Waals surface area contributed by atoms with Crippen molar-refractivity contribution in [1.82, 2.24) is 0 Å². The zero-order chi connectivity index (χ0) is 40.2. The molecule has 0 heterocycles. The average molecular weight is 904 g/mol. The van der Waals surface area contributed by atoms with Crippen LogP contribution in [0.25, 0.3) is 34.4 Å². The minimum atomic E-state index is -4.93. The number of rotatable bonds is 8. The third-order valence-electron chi connectivity index (χ3n) is 16.8. The van der Waals surface area contributed by atoms with Gasteiger partial charge in [-0.15, -0.1) is 0 Å². The van der Waals surface area contributed by atoms with Crippen molar-refractivity contribution in [2.75, 3.05) is 0 Å². The van der Waals surface area contributed by atoms with Gasteiger partial charge in [-0.05, 0) is 0 Å². The van der Waals surface area contributed by atoms with Crippen molar-refractivity contribution in [1.29, 1.82) is 0 Å². The summed E-state index contributed by atoms with van der Waals surface area (Å²) in [6, 6.07) is 33.6. The summed E-state index contributed by atoms with van der Waals surface area (Å²) in [5, 5.41) is 0. The Labute approximate surface area is 359 Å². The molecule has 0 amide bonds. The number of hydrogen-bond acceptors (Lipinski definition) is 0. The summed E-state index contributed by atoms with van der Waals surface area (Å²) in [5.41, 5.74) is 17.5. The monoisotopic (exact) mass is 901 g/mol. The molecular formula is C54H65Cl2SiZr. The Balaban J connectivity index is 1.08. The minimum absolute atomic E-state index is 0.120. The van der Waals surface area contributed by atoms with Crippen LogP contribution >= 0.6 is 17.0 Å². The van der Waals surface area contributed by atoms with Gasteiger partial charge >= 0.3 is 362 Å². The van der Waals surface area contributed by atoms with Gasteiger partial charge in [0, 0.05) is 0 Å². The van der Waals surface area contributed by atoms with Gasteiger partial charge in [-0.1, -0.05) is 0 Å². The van der Waals surface area contributed by atoms with Crippen LogP contribution in [-0.4, -0.2) is 5.92 Å². The van der Waals surface area contributed by atoms with Gasteiger partial charge in [-0.2, -0.15) is 0 Å². The predicted molar refractivity (Wildman–Crippen MR) is 251 cm³/mol. The molecule has 5 saturated carbocycles. The van der Waals surface area contributed by atoms with Gasteiger partial charge in [0.25, 0.3) is 0 Å².